The first-order valence-electron chi connectivity index (χ1n) is 5.95. The van der Waals surface area contributed by atoms with Gasteiger partial charge in [-0.15, -0.1) is 0 Å². The third-order valence-electron chi connectivity index (χ3n) is 3.25. The second kappa shape index (κ2) is 5.03. The van der Waals surface area contributed by atoms with E-state index in [1.807, 2.05) is 12.1 Å². The van der Waals surface area contributed by atoms with Crippen LogP contribution in [-0.2, 0) is 0 Å². The average Bonchev–Trinajstić information content (AvgIpc) is 2.33. The maximum Gasteiger partial charge on any atom is 0.119 e. The monoisotopic (exact) mass is 215 g/mol. The Bertz CT molecular complexity index is 369. The summed E-state index contributed by atoms with van der Waals surface area (Å²) in [7, 11) is 0. The Kier molecular flexibility index (Phi) is 3.46. The van der Waals surface area contributed by atoms with Crippen molar-refractivity contribution in [1.82, 2.24) is 0 Å². The van der Waals surface area contributed by atoms with Gasteiger partial charge < -0.3 is 4.74 Å². The van der Waals surface area contributed by atoms with Crippen molar-refractivity contribution in [3.05, 3.63) is 29.8 Å². The second-order valence-electron chi connectivity index (χ2n) is 4.64. The van der Waals surface area contributed by atoms with E-state index in [2.05, 4.69) is 13.0 Å². The molecule has 84 valence electrons. The van der Waals surface area contributed by atoms with Crippen LogP contribution in [0.15, 0.2) is 24.3 Å². The molecule has 16 heavy (non-hydrogen) atoms. The van der Waals surface area contributed by atoms with Crippen LogP contribution in [0.25, 0.3) is 0 Å². The van der Waals surface area contributed by atoms with Gasteiger partial charge in [0.15, 0.2) is 0 Å². The van der Waals surface area contributed by atoms with Crippen LogP contribution in [0.5, 0.6) is 5.75 Å². The highest BCUT2D eigenvalue weighted by atomic mass is 16.5. The van der Waals surface area contributed by atoms with Crippen LogP contribution in [-0.4, -0.2) is 6.10 Å². The zero-order valence-corrected chi connectivity index (χ0v) is 9.65. The largest absolute Gasteiger partial charge is 0.490 e. The molecule has 2 nitrogen and oxygen atoms in total. The van der Waals surface area contributed by atoms with E-state index in [0.29, 0.717) is 11.7 Å². The SMILES string of the molecule is CC1CCC(Oc2ccc(C#N)cc2)CC1. The maximum absolute atomic E-state index is 8.69. The van der Waals surface area contributed by atoms with Crippen LogP contribution >= 0.6 is 0 Å². The highest BCUT2D eigenvalue weighted by Crippen LogP contribution is 2.27. The van der Waals surface area contributed by atoms with Crippen LogP contribution in [0, 0.1) is 17.2 Å². The molecule has 0 aromatic heterocycles. The molecule has 0 spiro atoms. The summed E-state index contributed by atoms with van der Waals surface area (Å²) in [5.74, 6) is 1.74. The van der Waals surface area contributed by atoms with E-state index in [0.717, 1.165) is 24.5 Å². The van der Waals surface area contributed by atoms with E-state index in [1.54, 1.807) is 12.1 Å². The predicted octanol–water partition coefficient (Wildman–Crippen LogP) is 3.52. The van der Waals surface area contributed by atoms with Crippen LogP contribution in [0.4, 0.5) is 0 Å². The molecule has 1 saturated carbocycles. The molecule has 0 atom stereocenters. The van der Waals surface area contributed by atoms with Crippen molar-refractivity contribution in [2.24, 2.45) is 5.92 Å². The second-order valence-corrected chi connectivity index (χ2v) is 4.64. The van der Waals surface area contributed by atoms with Crippen LogP contribution < -0.4 is 4.74 Å². The van der Waals surface area contributed by atoms with Gasteiger partial charge in [0.1, 0.15) is 5.75 Å². The third kappa shape index (κ3) is 2.76. The first-order chi connectivity index (χ1) is 7.78. The molecule has 0 amide bonds. The van der Waals surface area contributed by atoms with Crippen molar-refractivity contribution in [3.63, 3.8) is 0 Å². The molecule has 0 saturated heterocycles. The minimum atomic E-state index is 0.365. The summed E-state index contributed by atoms with van der Waals surface area (Å²) in [6, 6.07) is 9.49. The van der Waals surface area contributed by atoms with Gasteiger partial charge in [0, 0.05) is 0 Å². The van der Waals surface area contributed by atoms with Crippen molar-refractivity contribution < 1.29 is 4.74 Å². The number of benzene rings is 1. The van der Waals surface area contributed by atoms with E-state index in [4.69, 9.17) is 10.00 Å². The number of ether oxygens (including phenoxy) is 1. The molecule has 0 unspecified atom stereocenters. The predicted molar refractivity (Wildman–Crippen MR) is 63.2 cm³/mol. The molecular weight excluding hydrogens is 198 g/mol. The first-order valence-corrected chi connectivity index (χ1v) is 5.95. The Hall–Kier alpha value is -1.49. The van der Waals surface area contributed by atoms with E-state index < -0.39 is 0 Å². The van der Waals surface area contributed by atoms with Crippen LogP contribution in [0.3, 0.4) is 0 Å². The van der Waals surface area contributed by atoms with Gasteiger partial charge in [-0.05, 0) is 55.9 Å². The van der Waals surface area contributed by atoms with Crippen molar-refractivity contribution >= 4 is 0 Å². The Morgan fingerprint density at radius 2 is 1.75 bits per heavy atom. The minimum absolute atomic E-state index is 0.365. The fraction of sp³-hybridized carbons (Fsp3) is 0.500. The van der Waals surface area contributed by atoms with Crippen molar-refractivity contribution in [3.8, 4) is 11.8 Å². The first kappa shape index (κ1) is 11.0. The fourth-order valence-electron chi connectivity index (χ4n) is 2.15. The van der Waals surface area contributed by atoms with Gasteiger partial charge in [-0.25, -0.2) is 0 Å². The van der Waals surface area contributed by atoms with E-state index in [1.165, 1.54) is 12.8 Å². The van der Waals surface area contributed by atoms with Gasteiger partial charge in [0.05, 0.1) is 17.7 Å². The summed E-state index contributed by atoms with van der Waals surface area (Å²) in [4.78, 5) is 0. The van der Waals surface area contributed by atoms with Crippen LogP contribution in [0.1, 0.15) is 38.2 Å². The summed E-state index contributed by atoms with van der Waals surface area (Å²) in [6.45, 7) is 2.30. The summed E-state index contributed by atoms with van der Waals surface area (Å²) >= 11 is 0. The van der Waals surface area contributed by atoms with Gasteiger partial charge in [0.2, 0.25) is 0 Å². The quantitative estimate of drug-likeness (QED) is 0.756. The molecular formula is C14H17NO. The zero-order valence-electron chi connectivity index (χ0n) is 9.65. The molecule has 0 bridgehead atoms. The molecule has 1 fully saturated rings. The average molecular weight is 215 g/mol. The molecule has 0 heterocycles. The lowest BCUT2D eigenvalue weighted by Gasteiger charge is -2.26. The summed E-state index contributed by atoms with van der Waals surface area (Å²) in [6.07, 6.45) is 5.20. The molecule has 1 aromatic rings. The molecule has 1 aliphatic rings. The van der Waals surface area contributed by atoms with Gasteiger partial charge in [-0.2, -0.15) is 5.26 Å². The van der Waals surface area contributed by atoms with Crippen molar-refractivity contribution in [2.45, 2.75) is 38.7 Å². The Balaban J connectivity index is 1.91. The van der Waals surface area contributed by atoms with E-state index in [-0.39, 0.29) is 0 Å². The number of hydrogen-bond acceptors (Lipinski definition) is 2. The lowest BCUT2D eigenvalue weighted by atomic mass is 9.89. The molecule has 1 aromatic carbocycles. The lowest BCUT2D eigenvalue weighted by molar-refractivity contribution is 0.135. The number of rotatable bonds is 2. The van der Waals surface area contributed by atoms with Gasteiger partial charge >= 0.3 is 0 Å². The molecule has 0 aliphatic heterocycles. The standard InChI is InChI=1S/C14H17NO/c1-11-2-6-13(7-3-11)16-14-8-4-12(10-15)5-9-14/h4-5,8-9,11,13H,2-3,6-7H2,1H3. The highest BCUT2D eigenvalue weighted by Gasteiger charge is 2.19. The molecule has 2 heteroatoms. The number of hydrogen-bond donors (Lipinski definition) is 0. The van der Waals surface area contributed by atoms with Crippen molar-refractivity contribution in [2.75, 3.05) is 0 Å². The normalized spacial score (nSPS) is 24.8. The summed E-state index contributed by atoms with van der Waals surface area (Å²) in [5, 5.41) is 8.69. The summed E-state index contributed by atoms with van der Waals surface area (Å²) in [5.41, 5.74) is 0.685. The lowest BCUT2D eigenvalue weighted by Crippen LogP contribution is -2.22. The van der Waals surface area contributed by atoms with Gasteiger partial charge in [-0.3, -0.25) is 0 Å². The molecule has 2 rings (SSSR count). The smallest absolute Gasteiger partial charge is 0.119 e. The highest BCUT2D eigenvalue weighted by molar-refractivity contribution is 5.34. The molecule has 1 aliphatic carbocycles. The Morgan fingerprint density at radius 1 is 1.12 bits per heavy atom. The Labute approximate surface area is 96.9 Å². The molecule has 0 N–H and O–H groups in total. The fourth-order valence-corrected chi connectivity index (χ4v) is 2.15. The number of nitriles is 1. The number of nitrogens with zero attached hydrogens (tertiary/aromatic N) is 1. The topological polar surface area (TPSA) is 33.0 Å². The van der Waals surface area contributed by atoms with Crippen molar-refractivity contribution in [1.29, 1.82) is 5.26 Å². The zero-order chi connectivity index (χ0) is 11.4. The van der Waals surface area contributed by atoms with Gasteiger partial charge in [-0.1, -0.05) is 6.92 Å². The molecule has 0 radical (unpaired) electrons. The maximum atomic E-state index is 8.69. The Morgan fingerprint density at radius 3 is 2.31 bits per heavy atom. The van der Waals surface area contributed by atoms with Crippen LogP contribution in [0.2, 0.25) is 0 Å². The van der Waals surface area contributed by atoms with E-state index >= 15 is 0 Å². The van der Waals surface area contributed by atoms with E-state index in [9.17, 15) is 0 Å². The summed E-state index contributed by atoms with van der Waals surface area (Å²) < 4.78 is 5.89. The third-order valence-corrected chi connectivity index (χ3v) is 3.25. The van der Waals surface area contributed by atoms with Gasteiger partial charge in [0.25, 0.3) is 0 Å². The minimum Gasteiger partial charge on any atom is -0.490 e.